The molecule has 0 bridgehead atoms. The Morgan fingerprint density at radius 1 is 1.10 bits per heavy atom. The smallest absolute Gasteiger partial charge is 0.306 e. The monoisotopic (exact) mass is 396 g/mol. The van der Waals surface area contributed by atoms with E-state index < -0.39 is 5.60 Å². The summed E-state index contributed by atoms with van der Waals surface area (Å²) in [5, 5.41) is 2.84. The van der Waals surface area contributed by atoms with E-state index in [9.17, 15) is 9.59 Å². The van der Waals surface area contributed by atoms with Gasteiger partial charge in [-0.2, -0.15) is 0 Å². The molecule has 1 amide bonds. The molecule has 0 heterocycles. The van der Waals surface area contributed by atoms with Gasteiger partial charge in [-0.3, -0.25) is 9.59 Å². The molecule has 7 nitrogen and oxygen atoms in total. The lowest BCUT2D eigenvalue weighted by Crippen LogP contribution is -2.24. The number of hydrogen-bond donors (Lipinski definition) is 3. The Morgan fingerprint density at radius 2 is 1.76 bits per heavy atom. The Balaban J connectivity index is 2.01. The van der Waals surface area contributed by atoms with E-state index in [1.54, 1.807) is 36.4 Å². The molecule has 0 aliphatic rings. The van der Waals surface area contributed by atoms with Gasteiger partial charge in [-0.25, -0.2) is 4.99 Å². The topological polar surface area (TPSA) is 120 Å². The molecule has 0 aliphatic heterocycles. The average Bonchev–Trinajstić information content (AvgIpc) is 2.60. The number of ether oxygens (including phenoxy) is 1. The molecule has 0 fully saturated rings. The Hall–Kier alpha value is -3.35. The maximum Gasteiger partial charge on any atom is 0.306 e. The summed E-state index contributed by atoms with van der Waals surface area (Å²) >= 11 is 0. The van der Waals surface area contributed by atoms with Crippen LogP contribution in [0.2, 0.25) is 0 Å². The summed E-state index contributed by atoms with van der Waals surface area (Å²) < 4.78 is 5.37. The van der Waals surface area contributed by atoms with E-state index in [0.717, 1.165) is 5.56 Å². The van der Waals surface area contributed by atoms with E-state index in [4.69, 9.17) is 16.2 Å². The van der Waals surface area contributed by atoms with Gasteiger partial charge in [0.15, 0.2) is 5.96 Å². The van der Waals surface area contributed by atoms with E-state index >= 15 is 0 Å². The number of amides is 1. The van der Waals surface area contributed by atoms with Crippen LogP contribution in [-0.4, -0.2) is 23.4 Å². The Labute approximate surface area is 171 Å². The molecule has 29 heavy (non-hydrogen) atoms. The molecule has 2 aromatic carbocycles. The minimum absolute atomic E-state index is 0.00543. The predicted molar refractivity (Wildman–Crippen MR) is 115 cm³/mol. The van der Waals surface area contributed by atoms with Crippen molar-refractivity contribution >= 4 is 29.2 Å². The molecule has 0 spiro atoms. The van der Waals surface area contributed by atoms with Crippen molar-refractivity contribution in [1.82, 2.24) is 0 Å². The summed E-state index contributed by atoms with van der Waals surface area (Å²) in [5.74, 6) is -0.570. The number of aliphatic imine (C=N–C) groups is 1. The average molecular weight is 396 g/mol. The van der Waals surface area contributed by atoms with Gasteiger partial charge in [0.2, 0.25) is 0 Å². The highest BCUT2D eigenvalue weighted by Crippen LogP contribution is 2.23. The van der Waals surface area contributed by atoms with Crippen molar-refractivity contribution in [2.24, 2.45) is 16.5 Å². The number of nitrogens with one attached hydrogen (secondary N) is 1. The van der Waals surface area contributed by atoms with Crippen molar-refractivity contribution < 1.29 is 14.3 Å². The summed E-state index contributed by atoms with van der Waals surface area (Å²) in [7, 11) is 0. The quantitative estimate of drug-likeness (QED) is 0.391. The molecule has 0 saturated carbocycles. The minimum atomic E-state index is -0.497. The van der Waals surface area contributed by atoms with E-state index in [1.165, 1.54) is 0 Å². The van der Waals surface area contributed by atoms with E-state index in [1.807, 2.05) is 39.8 Å². The van der Waals surface area contributed by atoms with E-state index in [-0.39, 0.29) is 23.8 Å². The van der Waals surface area contributed by atoms with Crippen LogP contribution in [0.3, 0.4) is 0 Å². The molecule has 0 aliphatic carbocycles. The van der Waals surface area contributed by atoms with Crippen molar-refractivity contribution in [3.63, 3.8) is 0 Å². The van der Waals surface area contributed by atoms with Gasteiger partial charge in [0.25, 0.3) is 5.91 Å². The fourth-order valence-corrected chi connectivity index (χ4v) is 2.72. The van der Waals surface area contributed by atoms with Crippen LogP contribution < -0.4 is 16.8 Å². The van der Waals surface area contributed by atoms with Gasteiger partial charge in [-0.05, 0) is 62.6 Å². The first-order valence-corrected chi connectivity index (χ1v) is 9.36. The lowest BCUT2D eigenvalue weighted by molar-refractivity contribution is -0.155. The van der Waals surface area contributed by atoms with Crippen LogP contribution >= 0.6 is 0 Å². The van der Waals surface area contributed by atoms with Crippen LogP contribution in [0.4, 0.5) is 11.4 Å². The second-order valence-corrected chi connectivity index (χ2v) is 7.85. The van der Waals surface area contributed by atoms with Gasteiger partial charge in [0.1, 0.15) is 5.60 Å². The van der Waals surface area contributed by atoms with Gasteiger partial charge in [0.05, 0.1) is 12.1 Å². The summed E-state index contributed by atoms with van der Waals surface area (Å²) in [4.78, 5) is 28.4. The van der Waals surface area contributed by atoms with Crippen LogP contribution in [0, 0.1) is 0 Å². The molecule has 0 radical (unpaired) electrons. The van der Waals surface area contributed by atoms with Crippen LogP contribution in [0.1, 0.15) is 56.0 Å². The van der Waals surface area contributed by atoms with Crippen molar-refractivity contribution in [3.8, 4) is 0 Å². The van der Waals surface area contributed by atoms with Crippen LogP contribution in [0.25, 0.3) is 0 Å². The molecule has 7 heteroatoms. The third-order valence-corrected chi connectivity index (χ3v) is 4.00. The van der Waals surface area contributed by atoms with Crippen molar-refractivity contribution in [2.45, 2.75) is 45.6 Å². The van der Waals surface area contributed by atoms with Crippen LogP contribution in [0.5, 0.6) is 0 Å². The second-order valence-electron chi connectivity index (χ2n) is 7.85. The van der Waals surface area contributed by atoms with Crippen molar-refractivity contribution in [1.29, 1.82) is 0 Å². The summed E-state index contributed by atoms with van der Waals surface area (Å²) in [6, 6.07) is 14.1. The predicted octanol–water partition coefficient (Wildman–Crippen LogP) is 3.68. The van der Waals surface area contributed by atoms with Crippen molar-refractivity contribution in [2.75, 3.05) is 5.32 Å². The molecular weight excluding hydrogens is 368 g/mol. The summed E-state index contributed by atoms with van der Waals surface area (Å²) in [6.45, 7) is 7.51. The number of nitrogens with two attached hydrogens (primary N) is 2. The fourth-order valence-electron chi connectivity index (χ4n) is 2.72. The second kappa shape index (κ2) is 9.23. The number of carbonyl (C=O) groups excluding carboxylic acids is 2. The van der Waals surface area contributed by atoms with E-state index in [2.05, 4.69) is 10.3 Å². The molecule has 0 saturated heterocycles. The lowest BCUT2D eigenvalue weighted by Gasteiger charge is -2.21. The van der Waals surface area contributed by atoms with Gasteiger partial charge >= 0.3 is 5.97 Å². The first-order chi connectivity index (χ1) is 13.5. The number of nitrogens with zero attached hydrogens (tertiary/aromatic N) is 1. The van der Waals surface area contributed by atoms with E-state index in [0.29, 0.717) is 23.4 Å². The SMILES string of the molecule is CC(CC(=O)OC(C)(C)C)c1ccc(NC(=O)c2cccc(N=C(N)N)c2)cc1. The number of benzene rings is 2. The Bertz CT molecular complexity index is 895. The van der Waals surface area contributed by atoms with Crippen LogP contribution in [0.15, 0.2) is 53.5 Å². The van der Waals surface area contributed by atoms with Gasteiger partial charge in [-0.1, -0.05) is 25.1 Å². The zero-order valence-corrected chi connectivity index (χ0v) is 17.2. The summed E-state index contributed by atoms with van der Waals surface area (Å²) in [6.07, 6.45) is 0.292. The number of rotatable bonds is 6. The van der Waals surface area contributed by atoms with Crippen molar-refractivity contribution in [3.05, 3.63) is 59.7 Å². The molecule has 2 rings (SSSR count). The molecule has 2 aromatic rings. The normalized spacial score (nSPS) is 12.0. The molecule has 1 unspecified atom stereocenters. The number of hydrogen-bond acceptors (Lipinski definition) is 4. The third-order valence-electron chi connectivity index (χ3n) is 4.00. The van der Waals surface area contributed by atoms with Gasteiger partial charge < -0.3 is 21.5 Å². The Kier molecular flexibility index (Phi) is 6.98. The zero-order valence-electron chi connectivity index (χ0n) is 17.2. The zero-order chi connectivity index (χ0) is 21.6. The number of guanidine groups is 1. The number of carbonyl (C=O) groups is 2. The van der Waals surface area contributed by atoms with Crippen LogP contribution in [-0.2, 0) is 9.53 Å². The Morgan fingerprint density at radius 3 is 2.34 bits per heavy atom. The fraction of sp³-hybridized carbons (Fsp3) is 0.318. The first-order valence-electron chi connectivity index (χ1n) is 9.36. The molecule has 154 valence electrons. The largest absolute Gasteiger partial charge is 0.460 e. The first kappa shape index (κ1) is 21.9. The highest BCUT2D eigenvalue weighted by Gasteiger charge is 2.19. The maximum absolute atomic E-state index is 12.5. The number of anilines is 1. The maximum atomic E-state index is 12.5. The third kappa shape index (κ3) is 7.29. The van der Waals surface area contributed by atoms with Gasteiger partial charge in [-0.15, -0.1) is 0 Å². The van der Waals surface area contributed by atoms with Gasteiger partial charge in [0, 0.05) is 11.3 Å². The molecule has 5 N–H and O–H groups in total. The number of esters is 1. The lowest BCUT2D eigenvalue weighted by atomic mass is 9.97. The highest BCUT2D eigenvalue weighted by atomic mass is 16.6. The molecular formula is C22H28N4O3. The molecule has 0 aromatic heterocycles. The minimum Gasteiger partial charge on any atom is -0.460 e. The standard InChI is InChI=1S/C22H28N4O3/c1-14(12-19(27)29-22(2,3)4)15-8-10-17(11-9-15)25-20(28)16-6-5-7-18(13-16)26-21(23)24/h5-11,13-14H,12H2,1-4H3,(H,25,28)(H4,23,24,26). The summed E-state index contributed by atoms with van der Waals surface area (Å²) in [5.41, 5.74) is 12.8. The molecule has 1 atom stereocenters. The highest BCUT2D eigenvalue weighted by molar-refractivity contribution is 6.04.